The molecule has 0 saturated carbocycles. The molecule has 110 valence electrons. The van der Waals surface area contributed by atoms with Crippen molar-refractivity contribution in [2.24, 2.45) is 0 Å². The maximum Gasteiger partial charge on any atom is 0.321 e. The van der Waals surface area contributed by atoms with Gasteiger partial charge in [0.25, 0.3) is 0 Å². The molecule has 21 heavy (non-hydrogen) atoms. The molecule has 3 nitrogen and oxygen atoms in total. The van der Waals surface area contributed by atoms with E-state index in [9.17, 15) is 18.7 Å². The van der Waals surface area contributed by atoms with Gasteiger partial charge in [-0.3, -0.25) is 10.1 Å². The van der Waals surface area contributed by atoms with Crippen molar-refractivity contribution in [2.45, 2.75) is 19.0 Å². The number of hydrogen-bond acceptors (Lipinski definition) is 2. The summed E-state index contributed by atoms with van der Waals surface area (Å²) in [6.45, 7) is 0.0237. The van der Waals surface area contributed by atoms with Crippen molar-refractivity contribution in [3.05, 3.63) is 71.3 Å². The van der Waals surface area contributed by atoms with Gasteiger partial charge in [-0.1, -0.05) is 36.4 Å². The number of benzene rings is 2. The molecule has 2 aromatic carbocycles. The van der Waals surface area contributed by atoms with Gasteiger partial charge in [-0.25, -0.2) is 8.78 Å². The van der Waals surface area contributed by atoms with Gasteiger partial charge < -0.3 is 5.11 Å². The van der Waals surface area contributed by atoms with E-state index in [0.29, 0.717) is 6.42 Å². The number of nitrogens with one attached hydrogen (secondary N) is 1. The lowest BCUT2D eigenvalue weighted by molar-refractivity contribution is -0.139. The third-order valence-electron chi connectivity index (χ3n) is 3.13. The van der Waals surface area contributed by atoms with Crippen molar-refractivity contribution in [3.8, 4) is 0 Å². The molecule has 0 aliphatic carbocycles. The summed E-state index contributed by atoms with van der Waals surface area (Å²) >= 11 is 0. The van der Waals surface area contributed by atoms with Gasteiger partial charge >= 0.3 is 5.97 Å². The first kappa shape index (κ1) is 15.1. The van der Waals surface area contributed by atoms with E-state index in [2.05, 4.69) is 5.32 Å². The van der Waals surface area contributed by atoms with Gasteiger partial charge in [0.2, 0.25) is 0 Å². The lowest BCUT2D eigenvalue weighted by Gasteiger charge is -2.15. The first-order chi connectivity index (χ1) is 10.1. The molecule has 0 amide bonds. The summed E-state index contributed by atoms with van der Waals surface area (Å²) in [5.41, 5.74) is 1.10. The third kappa shape index (κ3) is 4.36. The number of carboxylic acid groups (broad SMARTS) is 1. The zero-order valence-corrected chi connectivity index (χ0v) is 11.2. The van der Waals surface area contributed by atoms with Crippen LogP contribution in [0.2, 0.25) is 0 Å². The average Bonchev–Trinajstić information content (AvgIpc) is 2.46. The fourth-order valence-corrected chi connectivity index (χ4v) is 1.99. The summed E-state index contributed by atoms with van der Waals surface area (Å²) in [6.07, 6.45) is 0.291. The molecule has 2 rings (SSSR count). The van der Waals surface area contributed by atoms with Gasteiger partial charge in [0.05, 0.1) is 0 Å². The van der Waals surface area contributed by atoms with E-state index in [4.69, 9.17) is 0 Å². The Hall–Kier alpha value is -2.27. The molecule has 2 aromatic rings. The Balaban J connectivity index is 2.02. The van der Waals surface area contributed by atoms with E-state index in [-0.39, 0.29) is 12.1 Å². The molecule has 0 saturated heterocycles. The van der Waals surface area contributed by atoms with Crippen molar-refractivity contribution in [3.63, 3.8) is 0 Å². The molecule has 0 heterocycles. The molecule has 2 N–H and O–H groups in total. The average molecular weight is 291 g/mol. The van der Waals surface area contributed by atoms with Crippen molar-refractivity contribution in [2.75, 3.05) is 0 Å². The summed E-state index contributed by atoms with van der Waals surface area (Å²) in [4.78, 5) is 11.2. The Bertz CT molecular complexity index is 617. The molecule has 1 atom stereocenters. The molecule has 0 radical (unpaired) electrons. The van der Waals surface area contributed by atoms with E-state index in [1.807, 2.05) is 30.3 Å². The largest absolute Gasteiger partial charge is 0.480 e. The minimum atomic E-state index is -1.01. The van der Waals surface area contributed by atoms with E-state index in [0.717, 1.165) is 17.7 Å². The van der Waals surface area contributed by atoms with Crippen LogP contribution in [0.15, 0.2) is 48.5 Å². The minimum Gasteiger partial charge on any atom is -0.480 e. The van der Waals surface area contributed by atoms with Gasteiger partial charge in [-0.2, -0.15) is 0 Å². The lowest BCUT2D eigenvalue weighted by Crippen LogP contribution is -2.38. The molecule has 0 fully saturated rings. The Morgan fingerprint density at radius 1 is 1.14 bits per heavy atom. The predicted octanol–water partition coefficient (Wildman–Crippen LogP) is 2.75. The van der Waals surface area contributed by atoms with E-state index in [1.165, 1.54) is 6.07 Å². The smallest absolute Gasteiger partial charge is 0.321 e. The summed E-state index contributed by atoms with van der Waals surface area (Å²) in [7, 11) is 0. The second-order valence-electron chi connectivity index (χ2n) is 4.70. The van der Waals surface area contributed by atoms with Crippen LogP contribution in [0.3, 0.4) is 0 Å². The van der Waals surface area contributed by atoms with Crippen LogP contribution in [0, 0.1) is 11.6 Å². The molecular weight excluding hydrogens is 276 g/mol. The summed E-state index contributed by atoms with van der Waals surface area (Å²) in [6, 6.07) is 11.6. The van der Waals surface area contributed by atoms with Crippen LogP contribution in [-0.4, -0.2) is 17.1 Å². The summed E-state index contributed by atoms with van der Waals surface area (Å²) in [5.74, 6) is -2.36. The maximum absolute atomic E-state index is 13.5. The Kier molecular flexibility index (Phi) is 5.00. The number of hydrogen-bond donors (Lipinski definition) is 2. The van der Waals surface area contributed by atoms with Crippen LogP contribution < -0.4 is 5.32 Å². The highest BCUT2D eigenvalue weighted by Gasteiger charge is 2.18. The first-order valence-electron chi connectivity index (χ1n) is 6.50. The zero-order valence-electron chi connectivity index (χ0n) is 11.2. The maximum atomic E-state index is 13.5. The number of carbonyl (C=O) groups is 1. The number of rotatable bonds is 6. The number of halogens is 2. The zero-order chi connectivity index (χ0) is 15.2. The second kappa shape index (κ2) is 6.95. The highest BCUT2D eigenvalue weighted by atomic mass is 19.1. The fourth-order valence-electron chi connectivity index (χ4n) is 1.99. The lowest BCUT2D eigenvalue weighted by atomic mass is 10.1. The topological polar surface area (TPSA) is 49.3 Å². The highest BCUT2D eigenvalue weighted by molar-refractivity contribution is 5.73. The van der Waals surface area contributed by atoms with Gasteiger partial charge in [0, 0.05) is 18.2 Å². The SMILES string of the molecule is O=C(O)[C@H](Cc1ccccc1)NCc1ccc(F)cc1F. The molecule has 5 heteroatoms. The molecule has 0 aliphatic rings. The van der Waals surface area contributed by atoms with E-state index < -0.39 is 23.6 Å². The Morgan fingerprint density at radius 3 is 2.48 bits per heavy atom. The summed E-state index contributed by atoms with van der Waals surface area (Å²) in [5, 5.41) is 12.0. The molecular formula is C16H15F2NO2. The summed E-state index contributed by atoms with van der Waals surface area (Å²) < 4.78 is 26.3. The normalized spacial score (nSPS) is 12.1. The highest BCUT2D eigenvalue weighted by Crippen LogP contribution is 2.10. The van der Waals surface area contributed by atoms with Crippen molar-refractivity contribution < 1.29 is 18.7 Å². The standard InChI is InChI=1S/C16H15F2NO2/c17-13-7-6-12(14(18)9-13)10-19-15(16(20)21)8-11-4-2-1-3-5-11/h1-7,9,15,19H,8,10H2,(H,20,21)/t15-/m0/s1. The van der Waals surface area contributed by atoms with Crippen molar-refractivity contribution in [1.29, 1.82) is 0 Å². The van der Waals surface area contributed by atoms with Crippen LogP contribution in [-0.2, 0) is 17.8 Å². The van der Waals surface area contributed by atoms with Crippen LogP contribution >= 0.6 is 0 Å². The number of aliphatic carboxylic acids is 1. The second-order valence-corrected chi connectivity index (χ2v) is 4.70. The van der Waals surface area contributed by atoms with Crippen LogP contribution in [0.4, 0.5) is 8.78 Å². The van der Waals surface area contributed by atoms with Crippen molar-refractivity contribution >= 4 is 5.97 Å². The Morgan fingerprint density at radius 2 is 1.86 bits per heavy atom. The molecule has 0 aromatic heterocycles. The minimum absolute atomic E-state index is 0.0237. The van der Waals surface area contributed by atoms with Gasteiger partial charge in [-0.05, 0) is 18.1 Å². The quantitative estimate of drug-likeness (QED) is 0.860. The van der Waals surface area contributed by atoms with Crippen LogP contribution in [0.1, 0.15) is 11.1 Å². The van der Waals surface area contributed by atoms with Gasteiger partial charge in [-0.15, -0.1) is 0 Å². The molecule has 0 bridgehead atoms. The van der Waals surface area contributed by atoms with Crippen LogP contribution in [0.5, 0.6) is 0 Å². The van der Waals surface area contributed by atoms with E-state index >= 15 is 0 Å². The third-order valence-corrected chi connectivity index (χ3v) is 3.13. The van der Waals surface area contributed by atoms with Crippen LogP contribution in [0.25, 0.3) is 0 Å². The van der Waals surface area contributed by atoms with Crippen molar-refractivity contribution in [1.82, 2.24) is 5.32 Å². The molecule has 0 spiro atoms. The predicted molar refractivity (Wildman–Crippen MR) is 74.8 cm³/mol. The fraction of sp³-hybridized carbons (Fsp3) is 0.188. The van der Waals surface area contributed by atoms with E-state index in [1.54, 1.807) is 0 Å². The van der Waals surface area contributed by atoms with Gasteiger partial charge in [0.15, 0.2) is 0 Å². The Labute approximate surface area is 121 Å². The number of carboxylic acids is 1. The molecule has 0 unspecified atom stereocenters. The first-order valence-corrected chi connectivity index (χ1v) is 6.50. The monoisotopic (exact) mass is 291 g/mol. The molecule has 0 aliphatic heterocycles. The van der Waals surface area contributed by atoms with Gasteiger partial charge in [0.1, 0.15) is 17.7 Å².